The molecule has 0 spiro atoms. The van der Waals surface area contributed by atoms with Crippen molar-refractivity contribution < 1.29 is 4.79 Å². The molecular weight excluding hydrogens is 344 g/mol. The molecular formula is C20H30N4OS. The highest BCUT2D eigenvalue weighted by Crippen LogP contribution is 2.25. The first-order valence-corrected chi connectivity index (χ1v) is 10.00. The Morgan fingerprint density at radius 2 is 2.12 bits per heavy atom. The molecule has 142 valence electrons. The highest BCUT2D eigenvalue weighted by Gasteiger charge is 2.25. The summed E-state index contributed by atoms with van der Waals surface area (Å²) in [5, 5.41) is 3.35. The molecule has 0 aliphatic carbocycles. The van der Waals surface area contributed by atoms with Crippen LogP contribution in [0.15, 0.2) is 52.4 Å². The van der Waals surface area contributed by atoms with E-state index in [9.17, 15) is 4.79 Å². The molecule has 1 atom stereocenters. The van der Waals surface area contributed by atoms with Gasteiger partial charge in [0.05, 0.1) is 0 Å². The summed E-state index contributed by atoms with van der Waals surface area (Å²) in [5.74, 6) is 2.55. The van der Waals surface area contributed by atoms with Crippen LogP contribution in [0, 0.1) is 5.92 Å². The summed E-state index contributed by atoms with van der Waals surface area (Å²) in [4.78, 5) is 21.6. The third-order valence-electron chi connectivity index (χ3n) is 4.23. The van der Waals surface area contributed by atoms with E-state index in [1.807, 2.05) is 24.8 Å². The fourth-order valence-electron chi connectivity index (χ4n) is 2.67. The van der Waals surface area contributed by atoms with Crippen molar-refractivity contribution >= 4 is 23.6 Å². The SMILES string of the molecule is C=C(C)CNC(=NCC(=O)N(C)C)N1CCC(CSc2ccccc2)C1. The van der Waals surface area contributed by atoms with Crippen LogP contribution in [0.5, 0.6) is 0 Å². The molecule has 26 heavy (non-hydrogen) atoms. The molecule has 1 aromatic carbocycles. The molecule has 0 radical (unpaired) electrons. The number of amides is 1. The van der Waals surface area contributed by atoms with E-state index in [1.54, 1.807) is 19.0 Å². The van der Waals surface area contributed by atoms with Gasteiger partial charge in [0.25, 0.3) is 0 Å². The van der Waals surface area contributed by atoms with Crippen LogP contribution in [0.3, 0.4) is 0 Å². The number of aliphatic imine (C=N–C) groups is 1. The Labute approximate surface area is 161 Å². The first-order chi connectivity index (χ1) is 12.5. The Hall–Kier alpha value is -1.95. The Bertz CT molecular complexity index is 630. The molecule has 1 N–H and O–H groups in total. The first-order valence-electron chi connectivity index (χ1n) is 9.01. The van der Waals surface area contributed by atoms with Gasteiger partial charge in [0.2, 0.25) is 5.91 Å². The summed E-state index contributed by atoms with van der Waals surface area (Å²) in [6.45, 7) is 8.71. The van der Waals surface area contributed by atoms with Gasteiger partial charge < -0.3 is 15.1 Å². The third-order valence-corrected chi connectivity index (χ3v) is 5.47. The van der Waals surface area contributed by atoms with Gasteiger partial charge in [-0.2, -0.15) is 0 Å². The van der Waals surface area contributed by atoms with E-state index in [2.05, 4.69) is 46.1 Å². The maximum atomic E-state index is 11.9. The van der Waals surface area contributed by atoms with E-state index >= 15 is 0 Å². The van der Waals surface area contributed by atoms with Gasteiger partial charge in [0, 0.05) is 44.4 Å². The van der Waals surface area contributed by atoms with Crippen molar-refractivity contribution in [2.75, 3.05) is 46.0 Å². The summed E-state index contributed by atoms with van der Waals surface area (Å²) in [6, 6.07) is 10.5. The second-order valence-corrected chi connectivity index (χ2v) is 8.06. The standard InChI is InChI=1S/C20H30N4OS/c1-16(2)12-21-20(22-13-19(25)23(3)4)24-11-10-17(14-24)15-26-18-8-6-5-7-9-18/h5-9,17H,1,10-15H2,2-4H3,(H,21,22). The molecule has 1 unspecified atom stereocenters. The van der Waals surface area contributed by atoms with Crippen molar-refractivity contribution in [1.29, 1.82) is 0 Å². The predicted octanol–water partition coefficient (Wildman–Crippen LogP) is 2.71. The highest BCUT2D eigenvalue weighted by molar-refractivity contribution is 7.99. The van der Waals surface area contributed by atoms with Gasteiger partial charge in [-0.3, -0.25) is 4.79 Å². The molecule has 1 aromatic rings. The van der Waals surface area contributed by atoms with E-state index in [0.29, 0.717) is 12.5 Å². The summed E-state index contributed by atoms with van der Waals surface area (Å²) >= 11 is 1.91. The van der Waals surface area contributed by atoms with Crippen molar-refractivity contribution in [3.05, 3.63) is 42.5 Å². The van der Waals surface area contributed by atoms with Crippen LogP contribution in [0.2, 0.25) is 0 Å². The molecule has 0 bridgehead atoms. The fourth-order valence-corrected chi connectivity index (χ4v) is 3.72. The van der Waals surface area contributed by atoms with E-state index < -0.39 is 0 Å². The zero-order valence-electron chi connectivity index (χ0n) is 16.1. The van der Waals surface area contributed by atoms with Crippen LogP contribution < -0.4 is 5.32 Å². The Morgan fingerprint density at radius 1 is 1.38 bits per heavy atom. The van der Waals surface area contributed by atoms with Crippen LogP contribution in [0.25, 0.3) is 0 Å². The molecule has 0 saturated carbocycles. The van der Waals surface area contributed by atoms with Crippen LogP contribution >= 0.6 is 11.8 Å². The average Bonchev–Trinajstić information content (AvgIpc) is 3.09. The predicted molar refractivity (Wildman–Crippen MR) is 111 cm³/mol. The zero-order chi connectivity index (χ0) is 18.9. The lowest BCUT2D eigenvalue weighted by Crippen LogP contribution is -2.41. The topological polar surface area (TPSA) is 47.9 Å². The summed E-state index contributed by atoms with van der Waals surface area (Å²) < 4.78 is 0. The third kappa shape index (κ3) is 6.75. The number of benzene rings is 1. The molecule has 1 amide bonds. The molecule has 5 nitrogen and oxygen atoms in total. The number of carbonyl (C=O) groups excluding carboxylic acids is 1. The molecule has 1 heterocycles. The van der Waals surface area contributed by atoms with Crippen molar-refractivity contribution in [3.63, 3.8) is 0 Å². The van der Waals surface area contributed by atoms with Gasteiger partial charge in [0.15, 0.2) is 5.96 Å². The van der Waals surface area contributed by atoms with E-state index in [1.165, 1.54) is 4.90 Å². The number of likely N-dealkylation sites (N-methyl/N-ethyl adjacent to an activating group) is 1. The van der Waals surface area contributed by atoms with Crippen LogP contribution in [0.1, 0.15) is 13.3 Å². The maximum Gasteiger partial charge on any atom is 0.243 e. The van der Waals surface area contributed by atoms with E-state index in [4.69, 9.17) is 0 Å². The molecule has 1 aliphatic rings. The van der Waals surface area contributed by atoms with Crippen molar-refractivity contribution in [2.45, 2.75) is 18.2 Å². The van der Waals surface area contributed by atoms with Crippen LogP contribution in [-0.4, -0.2) is 67.7 Å². The van der Waals surface area contributed by atoms with Crippen LogP contribution in [0.4, 0.5) is 0 Å². The smallest absolute Gasteiger partial charge is 0.243 e. The van der Waals surface area contributed by atoms with Gasteiger partial charge in [0.1, 0.15) is 6.54 Å². The van der Waals surface area contributed by atoms with Gasteiger partial charge in [-0.25, -0.2) is 4.99 Å². The van der Waals surface area contributed by atoms with Gasteiger partial charge in [-0.1, -0.05) is 30.4 Å². The highest BCUT2D eigenvalue weighted by atomic mass is 32.2. The second kappa shape index (κ2) is 10.3. The number of guanidine groups is 1. The Kier molecular flexibility index (Phi) is 8.04. The minimum Gasteiger partial charge on any atom is -0.353 e. The van der Waals surface area contributed by atoms with Crippen molar-refractivity contribution in [1.82, 2.24) is 15.1 Å². The Balaban J connectivity index is 1.91. The monoisotopic (exact) mass is 374 g/mol. The summed E-state index contributed by atoms with van der Waals surface area (Å²) in [6.07, 6.45) is 1.15. The van der Waals surface area contributed by atoms with Crippen LogP contribution in [-0.2, 0) is 4.79 Å². The lowest BCUT2D eigenvalue weighted by atomic mass is 10.2. The second-order valence-electron chi connectivity index (χ2n) is 6.96. The number of nitrogens with one attached hydrogen (secondary N) is 1. The summed E-state index contributed by atoms with van der Waals surface area (Å²) in [7, 11) is 3.51. The quantitative estimate of drug-likeness (QED) is 0.345. The average molecular weight is 375 g/mol. The minimum atomic E-state index is 0.00926. The minimum absolute atomic E-state index is 0.00926. The zero-order valence-corrected chi connectivity index (χ0v) is 16.9. The Morgan fingerprint density at radius 3 is 2.77 bits per heavy atom. The van der Waals surface area contributed by atoms with Gasteiger partial charge in [-0.05, 0) is 31.4 Å². The fraction of sp³-hybridized carbons (Fsp3) is 0.500. The lowest BCUT2D eigenvalue weighted by molar-refractivity contribution is -0.127. The maximum absolute atomic E-state index is 11.9. The summed E-state index contributed by atoms with van der Waals surface area (Å²) in [5.41, 5.74) is 1.05. The number of thioether (sulfide) groups is 1. The van der Waals surface area contributed by atoms with Crippen molar-refractivity contribution in [3.8, 4) is 0 Å². The molecule has 0 aromatic heterocycles. The van der Waals surface area contributed by atoms with Gasteiger partial charge >= 0.3 is 0 Å². The number of likely N-dealkylation sites (tertiary alicyclic amines) is 1. The largest absolute Gasteiger partial charge is 0.353 e. The number of nitrogens with zero attached hydrogens (tertiary/aromatic N) is 3. The normalized spacial score (nSPS) is 17.3. The van der Waals surface area contributed by atoms with Crippen molar-refractivity contribution in [2.24, 2.45) is 10.9 Å². The molecule has 1 aliphatic heterocycles. The lowest BCUT2D eigenvalue weighted by Gasteiger charge is -2.22. The molecule has 1 saturated heterocycles. The van der Waals surface area contributed by atoms with Gasteiger partial charge in [-0.15, -0.1) is 11.8 Å². The number of rotatable bonds is 7. The van der Waals surface area contributed by atoms with E-state index in [0.717, 1.165) is 36.8 Å². The molecule has 2 rings (SSSR count). The van der Waals surface area contributed by atoms with E-state index in [-0.39, 0.29) is 12.5 Å². The molecule has 1 fully saturated rings. The molecule has 6 heteroatoms. The number of carbonyl (C=O) groups is 1. The number of hydrogen-bond donors (Lipinski definition) is 1. The number of hydrogen-bond acceptors (Lipinski definition) is 3. The first kappa shape index (κ1) is 20.4.